The van der Waals surface area contributed by atoms with Crippen LogP contribution in [-0.2, 0) is 0 Å². The van der Waals surface area contributed by atoms with Crippen LogP contribution in [0.5, 0.6) is 0 Å². The van der Waals surface area contributed by atoms with E-state index in [2.05, 4.69) is 20.8 Å². The number of nitrogens with one attached hydrogen (secondary N) is 2. The maximum Gasteiger partial charge on any atom is 0.272 e. The van der Waals surface area contributed by atoms with Crippen molar-refractivity contribution in [2.75, 3.05) is 5.32 Å². The zero-order chi connectivity index (χ0) is 14.8. The van der Waals surface area contributed by atoms with E-state index < -0.39 is 0 Å². The average molecular weight is 323 g/mol. The van der Waals surface area contributed by atoms with Crippen molar-refractivity contribution >= 4 is 40.6 Å². The highest BCUT2D eigenvalue weighted by Gasteiger charge is 2.24. The lowest BCUT2D eigenvalue weighted by molar-refractivity contribution is 0.0945. The van der Waals surface area contributed by atoms with Crippen LogP contribution >= 0.6 is 23.2 Å². The van der Waals surface area contributed by atoms with Crippen molar-refractivity contribution in [1.29, 1.82) is 0 Å². The number of rotatable bonds is 4. The first-order valence-electron chi connectivity index (χ1n) is 6.48. The van der Waals surface area contributed by atoms with E-state index in [0.717, 1.165) is 12.8 Å². The van der Waals surface area contributed by atoms with Crippen LogP contribution in [0.15, 0.2) is 30.3 Å². The van der Waals surface area contributed by atoms with Gasteiger partial charge in [-0.1, -0.05) is 23.2 Å². The van der Waals surface area contributed by atoms with Gasteiger partial charge in [-0.25, -0.2) is 0 Å². The summed E-state index contributed by atoms with van der Waals surface area (Å²) in [6.07, 6.45) is 2.07. The molecule has 0 unspecified atom stereocenters. The molecule has 1 saturated carbocycles. The van der Waals surface area contributed by atoms with Gasteiger partial charge in [-0.05, 0) is 43.2 Å². The molecule has 0 radical (unpaired) electrons. The lowest BCUT2D eigenvalue weighted by atomic mass is 10.3. The summed E-state index contributed by atoms with van der Waals surface area (Å²) in [5.74, 6) is 0.309. The molecule has 5 nitrogen and oxygen atoms in total. The topological polar surface area (TPSA) is 66.9 Å². The van der Waals surface area contributed by atoms with Crippen molar-refractivity contribution < 1.29 is 4.79 Å². The Morgan fingerprint density at radius 3 is 2.57 bits per heavy atom. The largest absolute Gasteiger partial charge is 0.348 e. The summed E-state index contributed by atoms with van der Waals surface area (Å²) in [6, 6.07) is 8.71. The Balaban J connectivity index is 1.70. The van der Waals surface area contributed by atoms with Crippen LogP contribution in [-0.4, -0.2) is 22.1 Å². The number of anilines is 2. The second kappa shape index (κ2) is 5.87. The number of aromatic nitrogens is 2. The van der Waals surface area contributed by atoms with Crippen molar-refractivity contribution in [1.82, 2.24) is 15.5 Å². The van der Waals surface area contributed by atoms with E-state index in [1.807, 2.05) is 0 Å². The number of amides is 1. The van der Waals surface area contributed by atoms with E-state index >= 15 is 0 Å². The molecule has 1 aliphatic carbocycles. The lowest BCUT2D eigenvalue weighted by Crippen LogP contribution is -2.26. The third-order valence-electron chi connectivity index (χ3n) is 3.00. The predicted molar refractivity (Wildman–Crippen MR) is 82.3 cm³/mol. The van der Waals surface area contributed by atoms with Crippen molar-refractivity contribution in [2.24, 2.45) is 0 Å². The fraction of sp³-hybridized carbons (Fsp3) is 0.214. The third kappa shape index (κ3) is 3.62. The number of halogens is 2. The molecule has 1 amide bonds. The Morgan fingerprint density at radius 2 is 1.95 bits per heavy atom. The Labute approximate surface area is 131 Å². The first-order chi connectivity index (χ1) is 10.1. The molecular weight excluding hydrogens is 311 g/mol. The maximum absolute atomic E-state index is 11.8. The lowest BCUT2D eigenvalue weighted by Gasteiger charge is -2.08. The van der Waals surface area contributed by atoms with E-state index in [-0.39, 0.29) is 5.91 Å². The Kier molecular flexibility index (Phi) is 3.94. The Hall–Kier alpha value is -1.85. The summed E-state index contributed by atoms with van der Waals surface area (Å²) in [5, 5.41) is 14.8. The Morgan fingerprint density at radius 1 is 1.14 bits per heavy atom. The third-order valence-corrected chi connectivity index (χ3v) is 3.55. The van der Waals surface area contributed by atoms with Gasteiger partial charge in [-0.3, -0.25) is 4.79 Å². The standard InChI is InChI=1S/C14H12Cl2N4O/c15-8-1-4-11(10(16)7-8)18-13-6-5-12(19-20-13)14(21)17-9-2-3-9/h1,4-7,9H,2-3H2,(H,17,21)(H,18,20). The molecule has 1 aromatic heterocycles. The second-order valence-corrected chi connectivity index (χ2v) is 5.64. The molecule has 0 aliphatic heterocycles. The van der Waals surface area contributed by atoms with Crippen LogP contribution in [0.4, 0.5) is 11.5 Å². The summed E-state index contributed by atoms with van der Waals surface area (Å²) < 4.78 is 0. The molecule has 0 spiro atoms. The van der Waals surface area contributed by atoms with Crippen LogP contribution in [0.25, 0.3) is 0 Å². The molecule has 21 heavy (non-hydrogen) atoms. The minimum atomic E-state index is -0.193. The van der Waals surface area contributed by atoms with Crippen LogP contribution in [0.3, 0.4) is 0 Å². The first-order valence-corrected chi connectivity index (χ1v) is 7.24. The number of carbonyl (C=O) groups is 1. The monoisotopic (exact) mass is 322 g/mol. The molecule has 1 heterocycles. The van der Waals surface area contributed by atoms with E-state index in [9.17, 15) is 4.79 Å². The molecule has 2 N–H and O–H groups in total. The predicted octanol–water partition coefficient (Wildman–Crippen LogP) is 3.42. The SMILES string of the molecule is O=C(NC1CC1)c1ccc(Nc2ccc(Cl)cc2Cl)nn1. The highest BCUT2D eigenvalue weighted by Crippen LogP contribution is 2.27. The number of benzene rings is 1. The van der Waals surface area contributed by atoms with Crippen molar-refractivity contribution in [3.05, 3.63) is 46.1 Å². The summed E-state index contributed by atoms with van der Waals surface area (Å²) >= 11 is 11.9. The van der Waals surface area contributed by atoms with Gasteiger partial charge in [0.2, 0.25) is 0 Å². The van der Waals surface area contributed by atoms with E-state index in [0.29, 0.717) is 33.3 Å². The number of carbonyl (C=O) groups excluding carboxylic acids is 1. The summed E-state index contributed by atoms with van der Waals surface area (Å²) in [5.41, 5.74) is 0.972. The maximum atomic E-state index is 11.8. The molecule has 0 saturated heterocycles. The molecule has 1 fully saturated rings. The fourth-order valence-electron chi connectivity index (χ4n) is 1.74. The molecule has 0 atom stereocenters. The molecule has 0 bridgehead atoms. The minimum Gasteiger partial charge on any atom is -0.348 e. The van der Waals surface area contributed by atoms with Gasteiger partial charge in [0.1, 0.15) is 0 Å². The van der Waals surface area contributed by atoms with Crippen molar-refractivity contribution in [3.63, 3.8) is 0 Å². The van der Waals surface area contributed by atoms with Crippen LogP contribution in [0, 0.1) is 0 Å². The zero-order valence-electron chi connectivity index (χ0n) is 10.9. The quantitative estimate of drug-likeness (QED) is 0.905. The summed E-state index contributed by atoms with van der Waals surface area (Å²) in [4.78, 5) is 11.8. The van der Waals surface area contributed by atoms with Crippen molar-refractivity contribution in [3.8, 4) is 0 Å². The first kappa shape index (κ1) is 14.1. The summed E-state index contributed by atoms with van der Waals surface area (Å²) in [6.45, 7) is 0. The van der Waals surface area contributed by atoms with Gasteiger partial charge in [0.05, 0.1) is 10.7 Å². The van der Waals surface area contributed by atoms with Crippen LogP contribution in [0.1, 0.15) is 23.3 Å². The summed E-state index contributed by atoms with van der Waals surface area (Å²) in [7, 11) is 0. The van der Waals surface area contributed by atoms with Gasteiger partial charge < -0.3 is 10.6 Å². The highest BCUT2D eigenvalue weighted by molar-refractivity contribution is 6.36. The van der Waals surface area contributed by atoms with Crippen LogP contribution < -0.4 is 10.6 Å². The van der Waals surface area contributed by atoms with E-state index in [4.69, 9.17) is 23.2 Å². The molecule has 7 heteroatoms. The molecule has 108 valence electrons. The molecular formula is C14H12Cl2N4O. The van der Waals surface area contributed by atoms with Gasteiger partial charge in [-0.2, -0.15) is 0 Å². The molecule has 1 aromatic carbocycles. The Bertz CT molecular complexity index is 671. The number of hydrogen-bond acceptors (Lipinski definition) is 4. The van der Waals surface area contributed by atoms with Crippen LogP contribution in [0.2, 0.25) is 10.0 Å². The van der Waals surface area contributed by atoms with Crippen molar-refractivity contribution in [2.45, 2.75) is 18.9 Å². The van der Waals surface area contributed by atoms with E-state index in [1.165, 1.54) is 0 Å². The van der Waals surface area contributed by atoms with E-state index in [1.54, 1.807) is 30.3 Å². The normalized spacial score (nSPS) is 13.8. The van der Waals surface area contributed by atoms with Gasteiger partial charge >= 0.3 is 0 Å². The zero-order valence-corrected chi connectivity index (χ0v) is 12.4. The number of hydrogen-bond donors (Lipinski definition) is 2. The molecule has 2 aromatic rings. The fourth-order valence-corrected chi connectivity index (χ4v) is 2.19. The number of nitrogens with zero attached hydrogens (tertiary/aromatic N) is 2. The smallest absolute Gasteiger partial charge is 0.272 e. The second-order valence-electron chi connectivity index (χ2n) is 4.80. The minimum absolute atomic E-state index is 0.193. The highest BCUT2D eigenvalue weighted by atomic mass is 35.5. The van der Waals surface area contributed by atoms with Gasteiger partial charge in [0.15, 0.2) is 11.5 Å². The van der Waals surface area contributed by atoms with Gasteiger partial charge in [0, 0.05) is 11.1 Å². The molecule has 3 rings (SSSR count). The van der Waals surface area contributed by atoms with Gasteiger partial charge in [-0.15, -0.1) is 10.2 Å². The molecule has 1 aliphatic rings. The van der Waals surface area contributed by atoms with Gasteiger partial charge in [0.25, 0.3) is 5.91 Å². The average Bonchev–Trinajstić information content (AvgIpc) is 3.26.